The standard InChI is InChI=1S/C21H20N4O2S/c1-15-23-20(26)25(24-15)17-5-7-18(8-6-17)28-19-4-2-3-16(13-19)21(14-22)9-11-27-12-10-21/h2-8,13H,9-12H2,1H3,(H,23,24,26). The van der Waals surface area contributed by atoms with Gasteiger partial charge in [-0.25, -0.2) is 4.79 Å². The molecule has 0 aliphatic carbocycles. The summed E-state index contributed by atoms with van der Waals surface area (Å²) in [5, 5.41) is 14.0. The van der Waals surface area contributed by atoms with Gasteiger partial charge in [-0.1, -0.05) is 23.9 Å². The normalized spacial score (nSPS) is 15.9. The SMILES string of the molecule is Cc1nn(-c2ccc(Sc3cccc(C4(C#N)CCOCC4)c3)cc2)c(=O)[nH]1. The number of aryl methyl sites for hydroxylation is 1. The summed E-state index contributed by atoms with van der Waals surface area (Å²) >= 11 is 1.63. The number of H-pyrrole nitrogens is 1. The molecule has 0 unspecified atom stereocenters. The number of ether oxygens (including phenoxy) is 1. The van der Waals surface area contributed by atoms with E-state index in [-0.39, 0.29) is 5.69 Å². The molecule has 1 fully saturated rings. The number of nitrogens with one attached hydrogen (secondary N) is 1. The van der Waals surface area contributed by atoms with Crippen LogP contribution in [0.2, 0.25) is 0 Å². The molecular formula is C21H20N4O2S. The number of hydrogen-bond donors (Lipinski definition) is 1. The van der Waals surface area contributed by atoms with E-state index in [0.717, 1.165) is 33.9 Å². The predicted molar refractivity (Wildman–Crippen MR) is 107 cm³/mol. The lowest BCUT2D eigenvalue weighted by atomic mass is 9.75. The first-order valence-corrected chi connectivity index (χ1v) is 9.95. The molecule has 1 aliphatic rings. The zero-order chi connectivity index (χ0) is 19.6. The van der Waals surface area contributed by atoms with Gasteiger partial charge in [0.2, 0.25) is 0 Å². The second-order valence-electron chi connectivity index (χ2n) is 6.86. The predicted octanol–water partition coefficient (Wildman–Crippen LogP) is 3.59. The van der Waals surface area contributed by atoms with Crippen LogP contribution in [0.1, 0.15) is 24.2 Å². The lowest BCUT2D eigenvalue weighted by Gasteiger charge is -2.31. The highest BCUT2D eigenvalue weighted by Crippen LogP contribution is 2.37. The molecule has 142 valence electrons. The van der Waals surface area contributed by atoms with E-state index >= 15 is 0 Å². The number of rotatable bonds is 4. The molecule has 2 heterocycles. The Bertz CT molecular complexity index is 1070. The van der Waals surface area contributed by atoms with Crippen molar-refractivity contribution in [1.29, 1.82) is 5.26 Å². The fourth-order valence-corrected chi connectivity index (χ4v) is 4.31. The molecule has 0 atom stereocenters. The molecule has 2 aromatic carbocycles. The van der Waals surface area contributed by atoms with Gasteiger partial charge >= 0.3 is 5.69 Å². The molecule has 3 aromatic rings. The van der Waals surface area contributed by atoms with Gasteiger partial charge in [0, 0.05) is 23.0 Å². The van der Waals surface area contributed by atoms with Crippen LogP contribution in [0.4, 0.5) is 0 Å². The second kappa shape index (κ2) is 7.66. The van der Waals surface area contributed by atoms with E-state index in [4.69, 9.17) is 4.74 Å². The Labute approximate surface area is 167 Å². The number of aromatic amines is 1. The Hall–Kier alpha value is -2.82. The number of benzene rings is 2. The van der Waals surface area contributed by atoms with Crippen molar-refractivity contribution in [2.45, 2.75) is 35.0 Å². The van der Waals surface area contributed by atoms with Crippen LogP contribution >= 0.6 is 11.8 Å². The molecule has 0 amide bonds. The van der Waals surface area contributed by atoms with Crippen molar-refractivity contribution in [1.82, 2.24) is 14.8 Å². The lowest BCUT2D eigenvalue weighted by Crippen LogP contribution is -2.32. The number of nitrogens with zero attached hydrogens (tertiary/aromatic N) is 3. The second-order valence-corrected chi connectivity index (χ2v) is 8.00. The van der Waals surface area contributed by atoms with Gasteiger partial charge in [0.25, 0.3) is 0 Å². The van der Waals surface area contributed by atoms with Gasteiger partial charge in [0.15, 0.2) is 0 Å². The molecule has 1 saturated heterocycles. The summed E-state index contributed by atoms with van der Waals surface area (Å²) in [6, 6.07) is 18.4. The zero-order valence-electron chi connectivity index (χ0n) is 15.5. The molecule has 28 heavy (non-hydrogen) atoms. The summed E-state index contributed by atoms with van der Waals surface area (Å²) in [4.78, 5) is 16.7. The van der Waals surface area contributed by atoms with Crippen LogP contribution in [-0.2, 0) is 10.2 Å². The molecule has 1 aliphatic heterocycles. The van der Waals surface area contributed by atoms with E-state index in [0.29, 0.717) is 19.0 Å². The Balaban J connectivity index is 1.56. The molecular weight excluding hydrogens is 372 g/mol. The van der Waals surface area contributed by atoms with E-state index in [1.807, 2.05) is 42.5 Å². The highest BCUT2D eigenvalue weighted by molar-refractivity contribution is 7.99. The van der Waals surface area contributed by atoms with Crippen molar-refractivity contribution >= 4 is 11.8 Å². The maximum Gasteiger partial charge on any atom is 0.348 e. The Kier molecular flexibility index (Phi) is 5.07. The summed E-state index contributed by atoms with van der Waals surface area (Å²) in [6.45, 7) is 3.00. The van der Waals surface area contributed by atoms with Gasteiger partial charge in [-0.15, -0.1) is 0 Å². The van der Waals surface area contributed by atoms with Crippen LogP contribution in [0.3, 0.4) is 0 Å². The average molecular weight is 392 g/mol. The lowest BCUT2D eigenvalue weighted by molar-refractivity contribution is 0.0675. The Morgan fingerprint density at radius 2 is 1.93 bits per heavy atom. The molecule has 1 N–H and O–H groups in total. The largest absolute Gasteiger partial charge is 0.381 e. The van der Waals surface area contributed by atoms with Crippen LogP contribution in [0.25, 0.3) is 5.69 Å². The number of hydrogen-bond acceptors (Lipinski definition) is 5. The fourth-order valence-electron chi connectivity index (χ4n) is 3.44. The molecule has 0 radical (unpaired) electrons. The summed E-state index contributed by atoms with van der Waals surface area (Å²) in [5.74, 6) is 0.583. The molecule has 1 aromatic heterocycles. The summed E-state index contributed by atoms with van der Waals surface area (Å²) in [6.07, 6.45) is 1.45. The van der Waals surface area contributed by atoms with Crippen molar-refractivity contribution in [2.75, 3.05) is 13.2 Å². The van der Waals surface area contributed by atoms with Crippen molar-refractivity contribution < 1.29 is 4.74 Å². The van der Waals surface area contributed by atoms with Crippen LogP contribution in [0.5, 0.6) is 0 Å². The van der Waals surface area contributed by atoms with Gasteiger partial charge in [0.05, 0.1) is 17.2 Å². The van der Waals surface area contributed by atoms with Gasteiger partial charge in [0.1, 0.15) is 5.82 Å². The average Bonchev–Trinajstić information content (AvgIpc) is 3.07. The Morgan fingerprint density at radius 3 is 2.57 bits per heavy atom. The third-order valence-electron chi connectivity index (χ3n) is 4.99. The minimum Gasteiger partial charge on any atom is -0.381 e. The van der Waals surface area contributed by atoms with E-state index in [1.54, 1.807) is 18.7 Å². The van der Waals surface area contributed by atoms with E-state index in [9.17, 15) is 10.1 Å². The highest BCUT2D eigenvalue weighted by Gasteiger charge is 2.34. The summed E-state index contributed by atoms with van der Waals surface area (Å²) in [7, 11) is 0. The van der Waals surface area contributed by atoms with Crippen molar-refractivity contribution in [3.05, 3.63) is 70.4 Å². The minimum absolute atomic E-state index is 0.246. The third-order valence-corrected chi connectivity index (χ3v) is 5.99. The molecule has 0 saturated carbocycles. The molecule has 0 spiro atoms. The quantitative estimate of drug-likeness (QED) is 0.733. The first kappa shape index (κ1) is 18.5. The summed E-state index contributed by atoms with van der Waals surface area (Å²) in [5.41, 5.74) is 1.07. The molecule has 6 nitrogen and oxygen atoms in total. The summed E-state index contributed by atoms with van der Waals surface area (Å²) < 4.78 is 6.80. The fraction of sp³-hybridized carbons (Fsp3) is 0.286. The van der Waals surface area contributed by atoms with Gasteiger partial charge < -0.3 is 4.74 Å². The minimum atomic E-state index is -0.461. The smallest absolute Gasteiger partial charge is 0.348 e. The maximum absolute atomic E-state index is 11.9. The van der Waals surface area contributed by atoms with Crippen LogP contribution in [-0.4, -0.2) is 28.0 Å². The topological polar surface area (TPSA) is 83.7 Å². The highest BCUT2D eigenvalue weighted by atomic mass is 32.2. The van der Waals surface area contributed by atoms with E-state index in [2.05, 4.69) is 22.2 Å². The van der Waals surface area contributed by atoms with Gasteiger partial charge in [-0.2, -0.15) is 15.0 Å². The maximum atomic E-state index is 11.9. The first-order valence-electron chi connectivity index (χ1n) is 9.13. The Morgan fingerprint density at radius 1 is 1.18 bits per heavy atom. The van der Waals surface area contributed by atoms with Crippen LogP contribution in [0.15, 0.2) is 63.1 Å². The van der Waals surface area contributed by atoms with Crippen molar-refractivity contribution in [2.24, 2.45) is 0 Å². The van der Waals surface area contributed by atoms with E-state index < -0.39 is 5.41 Å². The number of nitriles is 1. The van der Waals surface area contributed by atoms with Crippen molar-refractivity contribution in [3.8, 4) is 11.8 Å². The molecule has 4 rings (SSSR count). The third kappa shape index (κ3) is 3.61. The zero-order valence-corrected chi connectivity index (χ0v) is 16.3. The van der Waals surface area contributed by atoms with Crippen molar-refractivity contribution in [3.63, 3.8) is 0 Å². The molecule has 7 heteroatoms. The van der Waals surface area contributed by atoms with E-state index in [1.165, 1.54) is 4.68 Å². The van der Waals surface area contributed by atoms with Crippen LogP contribution in [0, 0.1) is 18.3 Å². The first-order chi connectivity index (χ1) is 13.6. The monoisotopic (exact) mass is 392 g/mol. The van der Waals surface area contributed by atoms with Gasteiger partial charge in [-0.3, -0.25) is 4.98 Å². The van der Waals surface area contributed by atoms with Crippen LogP contribution < -0.4 is 5.69 Å². The molecule has 0 bridgehead atoms. The number of aromatic nitrogens is 3. The van der Waals surface area contributed by atoms with Gasteiger partial charge in [-0.05, 0) is 61.7 Å².